The molecule has 0 saturated carbocycles. The third-order valence-corrected chi connectivity index (χ3v) is 6.25. The van der Waals surface area contributed by atoms with Gasteiger partial charge in [-0.3, -0.25) is 4.79 Å². The van der Waals surface area contributed by atoms with Crippen molar-refractivity contribution in [2.75, 3.05) is 31.8 Å². The monoisotopic (exact) mass is 346 g/mol. The SMILES string of the molecule is COc1ccc(NC(=O)C2(S(C)(=O)=O)CCNCC2)cc1Cl. The van der Waals surface area contributed by atoms with E-state index in [9.17, 15) is 13.2 Å². The van der Waals surface area contributed by atoms with Gasteiger partial charge in [0.15, 0.2) is 14.6 Å². The van der Waals surface area contributed by atoms with E-state index < -0.39 is 20.5 Å². The van der Waals surface area contributed by atoms with Crippen molar-refractivity contribution in [3.05, 3.63) is 23.2 Å². The highest BCUT2D eigenvalue weighted by Crippen LogP contribution is 2.31. The number of benzene rings is 1. The van der Waals surface area contributed by atoms with Gasteiger partial charge in [-0.05, 0) is 44.1 Å². The van der Waals surface area contributed by atoms with Gasteiger partial charge in [-0.1, -0.05) is 11.6 Å². The van der Waals surface area contributed by atoms with E-state index in [1.807, 2.05) is 0 Å². The van der Waals surface area contributed by atoms with Gasteiger partial charge in [0.1, 0.15) is 5.75 Å². The van der Waals surface area contributed by atoms with Gasteiger partial charge in [-0.25, -0.2) is 8.42 Å². The predicted octanol–water partition coefficient (Wildman–Crippen LogP) is 1.45. The van der Waals surface area contributed by atoms with E-state index in [0.717, 1.165) is 6.26 Å². The van der Waals surface area contributed by atoms with Crippen LogP contribution in [0.15, 0.2) is 18.2 Å². The first kappa shape index (κ1) is 17.1. The third kappa shape index (κ3) is 3.21. The van der Waals surface area contributed by atoms with E-state index in [2.05, 4.69) is 10.6 Å². The zero-order chi connectivity index (χ0) is 16.4. The molecule has 1 saturated heterocycles. The normalized spacial score (nSPS) is 17.8. The van der Waals surface area contributed by atoms with Crippen LogP contribution in [-0.2, 0) is 14.6 Å². The molecule has 1 heterocycles. The summed E-state index contributed by atoms with van der Waals surface area (Å²) in [6.45, 7) is 0.980. The van der Waals surface area contributed by atoms with E-state index in [0.29, 0.717) is 29.5 Å². The van der Waals surface area contributed by atoms with Gasteiger partial charge < -0.3 is 15.4 Å². The molecular formula is C14H19ClN2O4S. The van der Waals surface area contributed by atoms with Gasteiger partial charge in [0.2, 0.25) is 5.91 Å². The molecule has 2 N–H and O–H groups in total. The maximum atomic E-state index is 12.6. The van der Waals surface area contributed by atoms with Gasteiger partial charge in [-0.2, -0.15) is 0 Å². The third-order valence-electron chi connectivity index (χ3n) is 3.94. The molecule has 1 aliphatic heterocycles. The Bertz CT molecular complexity index is 669. The summed E-state index contributed by atoms with van der Waals surface area (Å²) < 4.78 is 28.0. The molecule has 1 amide bonds. The summed E-state index contributed by atoms with van der Waals surface area (Å²) in [4.78, 5) is 12.6. The Kier molecular flexibility index (Phi) is 4.99. The zero-order valence-corrected chi connectivity index (χ0v) is 14.1. The molecule has 2 rings (SSSR count). The molecule has 122 valence electrons. The molecule has 1 aromatic rings. The molecule has 1 fully saturated rings. The first-order valence-corrected chi connectivity index (χ1v) is 9.12. The van der Waals surface area contributed by atoms with Gasteiger partial charge in [-0.15, -0.1) is 0 Å². The molecule has 8 heteroatoms. The Morgan fingerprint density at radius 1 is 1.36 bits per heavy atom. The molecule has 0 spiro atoms. The summed E-state index contributed by atoms with van der Waals surface area (Å²) in [6.07, 6.45) is 1.61. The smallest absolute Gasteiger partial charge is 0.245 e. The van der Waals surface area contributed by atoms with Crippen LogP contribution in [0.3, 0.4) is 0 Å². The van der Waals surface area contributed by atoms with Crippen LogP contribution in [0.1, 0.15) is 12.8 Å². The highest BCUT2D eigenvalue weighted by molar-refractivity contribution is 7.92. The maximum Gasteiger partial charge on any atom is 0.245 e. The second-order valence-electron chi connectivity index (χ2n) is 5.32. The van der Waals surface area contributed by atoms with Gasteiger partial charge >= 0.3 is 0 Å². The summed E-state index contributed by atoms with van der Waals surface area (Å²) in [5.41, 5.74) is 0.442. The van der Waals surface area contributed by atoms with Crippen molar-refractivity contribution in [1.29, 1.82) is 0 Å². The minimum atomic E-state index is -3.54. The van der Waals surface area contributed by atoms with Crippen LogP contribution >= 0.6 is 11.6 Å². The molecular weight excluding hydrogens is 328 g/mol. The summed E-state index contributed by atoms with van der Waals surface area (Å²) >= 11 is 6.02. The number of carbonyl (C=O) groups is 1. The van der Waals surface area contributed by atoms with Crippen LogP contribution in [0.4, 0.5) is 5.69 Å². The lowest BCUT2D eigenvalue weighted by molar-refractivity contribution is -0.119. The van der Waals surface area contributed by atoms with Crippen molar-refractivity contribution < 1.29 is 17.9 Å². The van der Waals surface area contributed by atoms with Gasteiger partial charge in [0.05, 0.1) is 12.1 Å². The Labute approximate surface area is 135 Å². The number of rotatable bonds is 4. The predicted molar refractivity (Wildman–Crippen MR) is 86.3 cm³/mol. The van der Waals surface area contributed by atoms with Crippen molar-refractivity contribution in [2.45, 2.75) is 17.6 Å². The van der Waals surface area contributed by atoms with E-state index in [4.69, 9.17) is 16.3 Å². The summed E-state index contributed by atoms with van der Waals surface area (Å²) in [5, 5.41) is 6.08. The van der Waals surface area contributed by atoms with Crippen LogP contribution in [0.2, 0.25) is 5.02 Å². The van der Waals surface area contributed by atoms with E-state index in [-0.39, 0.29) is 12.8 Å². The van der Waals surface area contributed by atoms with Crippen LogP contribution in [0.5, 0.6) is 5.75 Å². The van der Waals surface area contributed by atoms with Crippen molar-refractivity contribution in [3.8, 4) is 5.75 Å². The van der Waals surface area contributed by atoms with Crippen LogP contribution in [0, 0.1) is 0 Å². The summed E-state index contributed by atoms with van der Waals surface area (Å²) in [5.74, 6) is -0.0305. The van der Waals surface area contributed by atoms with Gasteiger partial charge in [0, 0.05) is 11.9 Å². The largest absolute Gasteiger partial charge is 0.495 e. The number of nitrogens with one attached hydrogen (secondary N) is 2. The first-order valence-electron chi connectivity index (χ1n) is 6.85. The molecule has 0 atom stereocenters. The van der Waals surface area contributed by atoms with Crippen LogP contribution in [-0.4, -0.2) is 45.5 Å². The Morgan fingerprint density at radius 3 is 2.50 bits per heavy atom. The number of anilines is 1. The number of ether oxygens (including phenoxy) is 1. The minimum Gasteiger partial charge on any atom is -0.495 e. The fraction of sp³-hybridized carbons (Fsp3) is 0.500. The number of carbonyl (C=O) groups excluding carboxylic acids is 1. The van der Waals surface area contributed by atoms with Crippen molar-refractivity contribution >= 4 is 33.0 Å². The highest BCUT2D eigenvalue weighted by Gasteiger charge is 2.48. The highest BCUT2D eigenvalue weighted by atomic mass is 35.5. The molecule has 22 heavy (non-hydrogen) atoms. The lowest BCUT2D eigenvalue weighted by atomic mass is 9.95. The lowest BCUT2D eigenvalue weighted by Gasteiger charge is -2.34. The molecule has 1 aliphatic rings. The zero-order valence-electron chi connectivity index (χ0n) is 12.5. The van der Waals surface area contributed by atoms with Crippen LogP contribution < -0.4 is 15.4 Å². The van der Waals surface area contributed by atoms with Crippen molar-refractivity contribution in [1.82, 2.24) is 5.32 Å². The number of piperidine rings is 1. The minimum absolute atomic E-state index is 0.252. The topological polar surface area (TPSA) is 84.5 Å². The fourth-order valence-electron chi connectivity index (χ4n) is 2.59. The number of amides is 1. The number of methoxy groups -OCH3 is 1. The van der Waals surface area contributed by atoms with Crippen molar-refractivity contribution in [3.63, 3.8) is 0 Å². The average molecular weight is 347 g/mol. The van der Waals surface area contributed by atoms with E-state index >= 15 is 0 Å². The second-order valence-corrected chi connectivity index (χ2v) is 8.05. The lowest BCUT2D eigenvalue weighted by Crippen LogP contribution is -2.55. The second kappa shape index (κ2) is 6.44. The Hall–Kier alpha value is -1.31. The number of halogens is 1. The first-order chi connectivity index (χ1) is 10.3. The van der Waals surface area contributed by atoms with Crippen LogP contribution in [0.25, 0.3) is 0 Å². The fourth-order valence-corrected chi connectivity index (χ4v) is 4.18. The molecule has 0 unspecified atom stereocenters. The summed E-state index contributed by atoms with van der Waals surface area (Å²) in [6, 6.07) is 4.78. The van der Waals surface area contributed by atoms with E-state index in [1.54, 1.807) is 12.1 Å². The standard InChI is InChI=1S/C14H19ClN2O4S/c1-21-12-4-3-10(9-11(12)15)17-13(18)14(22(2,19)20)5-7-16-8-6-14/h3-4,9,16H,5-8H2,1-2H3,(H,17,18). The molecule has 0 bridgehead atoms. The quantitative estimate of drug-likeness (QED) is 0.862. The molecule has 0 aliphatic carbocycles. The Morgan fingerprint density at radius 2 is 2.00 bits per heavy atom. The Balaban J connectivity index is 2.27. The number of hydrogen-bond donors (Lipinski definition) is 2. The van der Waals surface area contributed by atoms with Crippen molar-refractivity contribution in [2.24, 2.45) is 0 Å². The maximum absolute atomic E-state index is 12.6. The van der Waals surface area contributed by atoms with E-state index in [1.165, 1.54) is 13.2 Å². The molecule has 1 aromatic carbocycles. The molecule has 0 aromatic heterocycles. The summed E-state index contributed by atoms with van der Waals surface area (Å²) in [7, 11) is -2.05. The molecule has 0 radical (unpaired) electrons. The number of hydrogen-bond acceptors (Lipinski definition) is 5. The molecule has 6 nitrogen and oxygen atoms in total. The van der Waals surface area contributed by atoms with Gasteiger partial charge in [0.25, 0.3) is 0 Å². The average Bonchev–Trinajstić information content (AvgIpc) is 2.47. The number of sulfone groups is 1.